The number of anilines is 2. The van der Waals surface area contributed by atoms with Gasteiger partial charge in [-0.1, -0.05) is 6.07 Å². The van der Waals surface area contributed by atoms with Crippen LogP contribution in [0.15, 0.2) is 36.7 Å². The third-order valence-corrected chi connectivity index (χ3v) is 3.25. The zero-order valence-electron chi connectivity index (χ0n) is 14.0. The van der Waals surface area contributed by atoms with Crippen LogP contribution in [0.4, 0.5) is 17.3 Å². The molecular weight excluding hydrogens is 342 g/mol. The first-order valence-electron chi connectivity index (χ1n) is 7.67. The van der Waals surface area contributed by atoms with E-state index in [9.17, 15) is 19.7 Å². The van der Waals surface area contributed by atoms with Crippen molar-refractivity contribution in [1.82, 2.24) is 9.97 Å². The molecule has 0 aliphatic rings. The molecule has 0 saturated carbocycles. The lowest BCUT2D eigenvalue weighted by Crippen LogP contribution is -2.22. The summed E-state index contributed by atoms with van der Waals surface area (Å²) in [4.78, 5) is 41.6. The van der Waals surface area contributed by atoms with Crippen LogP contribution >= 0.6 is 0 Å². The summed E-state index contributed by atoms with van der Waals surface area (Å²) in [6.07, 6.45) is 3.16. The zero-order chi connectivity index (χ0) is 18.9. The van der Waals surface area contributed by atoms with Gasteiger partial charge in [0.05, 0.1) is 17.0 Å². The maximum absolute atomic E-state index is 11.9. The second-order valence-corrected chi connectivity index (χ2v) is 5.21. The molecule has 1 aromatic carbocycles. The van der Waals surface area contributed by atoms with Crippen molar-refractivity contribution in [2.24, 2.45) is 0 Å². The SMILES string of the molecule is Cc1ccc([N+](=O)[O-])cc1NC(=O)COC(=O)CCNc1ncccn1. The molecule has 2 aromatic rings. The lowest BCUT2D eigenvalue weighted by Gasteiger charge is -2.09. The summed E-state index contributed by atoms with van der Waals surface area (Å²) in [5, 5.41) is 16.1. The number of carbonyl (C=O) groups excluding carboxylic acids is 2. The Morgan fingerprint density at radius 2 is 2.00 bits per heavy atom. The summed E-state index contributed by atoms with van der Waals surface area (Å²) in [6.45, 7) is 1.47. The van der Waals surface area contributed by atoms with E-state index in [1.165, 1.54) is 18.2 Å². The topological polar surface area (TPSA) is 136 Å². The van der Waals surface area contributed by atoms with Crippen LogP contribution in [-0.4, -0.2) is 39.9 Å². The fourth-order valence-electron chi connectivity index (χ4n) is 1.93. The maximum atomic E-state index is 11.9. The highest BCUT2D eigenvalue weighted by Crippen LogP contribution is 2.21. The van der Waals surface area contributed by atoms with E-state index in [1.807, 2.05) is 0 Å². The van der Waals surface area contributed by atoms with E-state index in [2.05, 4.69) is 20.6 Å². The molecule has 0 radical (unpaired) electrons. The Labute approximate surface area is 148 Å². The molecule has 0 fully saturated rings. The van der Waals surface area contributed by atoms with Gasteiger partial charge in [-0.05, 0) is 18.6 Å². The quantitative estimate of drug-likeness (QED) is 0.413. The summed E-state index contributed by atoms with van der Waals surface area (Å²) in [5.41, 5.74) is 0.808. The van der Waals surface area contributed by atoms with E-state index in [0.29, 0.717) is 17.2 Å². The molecule has 2 rings (SSSR count). The Morgan fingerprint density at radius 1 is 1.27 bits per heavy atom. The first-order valence-corrected chi connectivity index (χ1v) is 7.67. The van der Waals surface area contributed by atoms with Crippen molar-refractivity contribution < 1.29 is 19.2 Å². The average Bonchev–Trinajstić information content (AvgIpc) is 2.62. The lowest BCUT2D eigenvalue weighted by atomic mass is 10.2. The van der Waals surface area contributed by atoms with Gasteiger partial charge >= 0.3 is 5.97 Å². The molecule has 0 spiro atoms. The van der Waals surface area contributed by atoms with Crippen LogP contribution in [0.1, 0.15) is 12.0 Å². The number of nitrogens with one attached hydrogen (secondary N) is 2. The maximum Gasteiger partial charge on any atom is 0.308 e. The molecule has 0 saturated heterocycles. The Kier molecular flexibility index (Phi) is 6.54. The second kappa shape index (κ2) is 9.06. The van der Waals surface area contributed by atoms with Crippen LogP contribution in [-0.2, 0) is 14.3 Å². The van der Waals surface area contributed by atoms with Gasteiger partial charge < -0.3 is 15.4 Å². The third-order valence-electron chi connectivity index (χ3n) is 3.25. The van der Waals surface area contributed by atoms with Gasteiger partial charge in [0.1, 0.15) is 0 Å². The van der Waals surface area contributed by atoms with Crippen molar-refractivity contribution >= 4 is 29.2 Å². The fraction of sp³-hybridized carbons (Fsp3) is 0.250. The normalized spacial score (nSPS) is 10.0. The molecule has 1 amide bonds. The first-order chi connectivity index (χ1) is 12.5. The number of esters is 1. The van der Waals surface area contributed by atoms with Crippen molar-refractivity contribution in [3.8, 4) is 0 Å². The summed E-state index contributed by atoms with van der Waals surface area (Å²) < 4.78 is 4.87. The third kappa shape index (κ3) is 5.82. The number of rotatable bonds is 8. The predicted molar refractivity (Wildman–Crippen MR) is 92.6 cm³/mol. The van der Waals surface area contributed by atoms with Crippen LogP contribution in [0, 0.1) is 17.0 Å². The van der Waals surface area contributed by atoms with Crippen molar-refractivity contribution in [2.45, 2.75) is 13.3 Å². The van der Waals surface area contributed by atoms with E-state index in [1.54, 1.807) is 25.4 Å². The number of benzene rings is 1. The lowest BCUT2D eigenvalue weighted by molar-refractivity contribution is -0.384. The minimum absolute atomic E-state index is 0.0291. The summed E-state index contributed by atoms with van der Waals surface area (Å²) in [5.74, 6) is -0.764. The van der Waals surface area contributed by atoms with Crippen LogP contribution in [0.2, 0.25) is 0 Å². The molecular formula is C16H17N5O5. The van der Waals surface area contributed by atoms with Gasteiger partial charge in [-0.3, -0.25) is 19.7 Å². The number of amides is 1. The largest absolute Gasteiger partial charge is 0.456 e. The second-order valence-electron chi connectivity index (χ2n) is 5.21. The first kappa shape index (κ1) is 18.8. The standard InChI is InChI=1S/C16H17N5O5/c1-11-3-4-12(21(24)25)9-13(11)20-14(22)10-26-15(23)5-8-19-16-17-6-2-7-18-16/h2-4,6-7,9H,5,8,10H2,1H3,(H,20,22)(H,17,18,19). The zero-order valence-corrected chi connectivity index (χ0v) is 14.0. The molecule has 0 aliphatic heterocycles. The van der Waals surface area contributed by atoms with Crippen molar-refractivity contribution in [3.63, 3.8) is 0 Å². The molecule has 136 valence electrons. The summed E-state index contributed by atoms with van der Waals surface area (Å²) in [7, 11) is 0. The van der Waals surface area contributed by atoms with Crippen molar-refractivity contribution in [3.05, 3.63) is 52.3 Å². The van der Waals surface area contributed by atoms with Gasteiger partial charge in [0.25, 0.3) is 11.6 Å². The van der Waals surface area contributed by atoms with Crippen LogP contribution in [0.3, 0.4) is 0 Å². The van der Waals surface area contributed by atoms with E-state index in [4.69, 9.17) is 4.74 Å². The Hall–Kier alpha value is -3.56. The molecule has 0 atom stereocenters. The number of aromatic nitrogens is 2. The van der Waals surface area contributed by atoms with Gasteiger partial charge in [0.2, 0.25) is 5.95 Å². The highest BCUT2D eigenvalue weighted by atomic mass is 16.6. The van der Waals surface area contributed by atoms with Crippen LogP contribution in [0.25, 0.3) is 0 Å². The number of aryl methyl sites for hydroxylation is 1. The van der Waals surface area contributed by atoms with E-state index in [-0.39, 0.29) is 18.7 Å². The molecule has 10 nitrogen and oxygen atoms in total. The van der Waals surface area contributed by atoms with Crippen molar-refractivity contribution in [2.75, 3.05) is 23.8 Å². The fourth-order valence-corrected chi connectivity index (χ4v) is 1.93. The number of non-ortho nitro benzene ring substituents is 1. The monoisotopic (exact) mass is 359 g/mol. The molecule has 1 heterocycles. The minimum atomic E-state index is -0.582. The molecule has 0 bridgehead atoms. The van der Waals surface area contributed by atoms with Gasteiger partial charge in [0, 0.05) is 31.1 Å². The Bertz CT molecular complexity index is 797. The van der Waals surface area contributed by atoms with E-state index < -0.39 is 23.4 Å². The van der Waals surface area contributed by atoms with Gasteiger partial charge in [0.15, 0.2) is 6.61 Å². The van der Waals surface area contributed by atoms with Gasteiger partial charge in [-0.2, -0.15) is 0 Å². The molecule has 0 unspecified atom stereocenters. The van der Waals surface area contributed by atoms with Gasteiger partial charge in [-0.15, -0.1) is 0 Å². The van der Waals surface area contributed by atoms with Crippen LogP contribution < -0.4 is 10.6 Å². The number of nitro benzene ring substituents is 1. The highest BCUT2D eigenvalue weighted by molar-refractivity contribution is 5.93. The number of ether oxygens (including phenoxy) is 1. The summed E-state index contributed by atoms with van der Waals surface area (Å²) >= 11 is 0. The molecule has 1 aromatic heterocycles. The smallest absolute Gasteiger partial charge is 0.308 e. The Morgan fingerprint density at radius 3 is 2.69 bits per heavy atom. The number of hydrogen-bond acceptors (Lipinski definition) is 8. The number of hydrogen-bond donors (Lipinski definition) is 2. The van der Waals surface area contributed by atoms with E-state index >= 15 is 0 Å². The van der Waals surface area contributed by atoms with E-state index in [0.717, 1.165) is 0 Å². The molecule has 26 heavy (non-hydrogen) atoms. The molecule has 10 heteroatoms. The molecule has 0 aliphatic carbocycles. The highest BCUT2D eigenvalue weighted by Gasteiger charge is 2.12. The predicted octanol–water partition coefficient (Wildman–Crippen LogP) is 1.68. The minimum Gasteiger partial charge on any atom is -0.456 e. The number of carbonyl (C=O) groups is 2. The Balaban J connectivity index is 1.75. The van der Waals surface area contributed by atoms with Gasteiger partial charge in [-0.25, -0.2) is 9.97 Å². The van der Waals surface area contributed by atoms with Crippen LogP contribution in [0.5, 0.6) is 0 Å². The average molecular weight is 359 g/mol. The van der Waals surface area contributed by atoms with Crippen molar-refractivity contribution in [1.29, 1.82) is 0 Å². The number of nitro groups is 1. The molecule has 2 N–H and O–H groups in total. The number of nitrogens with zero attached hydrogens (tertiary/aromatic N) is 3. The summed E-state index contributed by atoms with van der Waals surface area (Å²) in [6, 6.07) is 5.78.